The average molecular weight is 398 g/mol. The lowest BCUT2D eigenvalue weighted by molar-refractivity contribution is -0.121. The van der Waals surface area contributed by atoms with Crippen LogP contribution in [0.5, 0.6) is 5.75 Å². The summed E-state index contributed by atoms with van der Waals surface area (Å²) in [6.07, 6.45) is 4.70. The zero-order valence-electron chi connectivity index (χ0n) is 16.0. The van der Waals surface area contributed by atoms with Crippen LogP contribution in [0.15, 0.2) is 47.5 Å². The third-order valence-electron chi connectivity index (χ3n) is 4.12. The van der Waals surface area contributed by atoms with Crippen molar-refractivity contribution < 1.29 is 19.1 Å². The van der Waals surface area contributed by atoms with Crippen LogP contribution in [0.3, 0.4) is 0 Å². The van der Waals surface area contributed by atoms with Crippen LogP contribution in [-0.4, -0.2) is 35.9 Å². The van der Waals surface area contributed by atoms with E-state index in [1.807, 2.05) is 13.0 Å². The van der Waals surface area contributed by atoms with Crippen LogP contribution in [0.2, 0.25) is 0 Å². The Kier molecular flexibility index (Phi) is 7.95. The van der Waals surface area contributed by atoms with Crippen molar-refractivity contribution in [2.75, 3.05) is 12.9 Å². The van der Waals surface area contributed by atoms with E-state index in [-0.39, 0.29) is 12.4 Å². The van der Waals surface area contributed by atoms with Gasteiger partial charge in [0.2, 0.25) is 12.2 Å². The van der Waals surface area contributed by atoms with Crippen LogP contribution < -0.4 is 10.1 Å². The highest BCUT2D eigenvalue weighted by atomic mass is 32.2. The monoisotopic (exact) mass is 398 g/mol. The van der Waals surface area contributed by atoms with Crippen LogP contribution in [0.1, 0.15) is 35.5 Å². The summed E-state index contributed by atoms with van der Waals surface area (Å²) >= 11 is 1.27. The first-order valence-electron chi connectivity index (χ1n) is 8.70. The fourth-order valence-electron chi connectivity index (χ4n) is 2.49. The standard InChI is InChI=1S/C21H22N2O4S/c1-4-15-5-10-18(22-11-15)19(25)12-27-17-8-6-16(7-9-17)14(2)20(28-3)21(26)23-13-24/h5-11,13H,4,12H2,1-3H3,(H,23,24,26)/b20-14-. The highest BCUT2D eigenvalue weighted by molar-refractivity contribution is 8.03. The van der Waals surface area contributed by atoms with Gasteiger partial charge in [0.05, 0.1) is 4.91 Å². The molecule has 6 nitrogen and oxygen atoms in total. The fraction of sp³-hybridized carbons (Fsp3) is 0.238. The molecule has 1 N–H and O–H groups in total. The fourth-order valence-corrected chi connectivity index (χ4v) is 3.16. The summed E-state index contributed by atoms with van der Waals surface area (Å²) < 4.78 is 5.55. The van der Waals surface area contributed by atoms with Crippen molar-refractivity contribution in [3.63, 3.8) is 0 Å². The number of nitrogens with zero attached hydrogens (tertiary/aromatic N) is 1. The number of hydrogen-bond acceptors (Lipinski definition) is 6. The lowest BCUT2D eigenvalue weighted by Gasteiger charge is -2.10. The summed E-state index contributed by atoms with van der Waals surface area (Å²) in [6, 6.07) is 10.6. The molecule has 2 amide bonds. The highest BCUT2D eigenvalue weighted by Gasteiger charge is 2.13. The van der Waals surface area contributed by atoms with Crippen LogP contribution in [0.4, 0.5) is 0 Å². The Balaban J connectivity index is 2.04. The molecule has 28 heavy (non-hydrogen) atoms. The van der Waals surface area contributed by atoms with E-state index in [9.17, 15) is 14.4 Å². The van der Waals surface area contributed by atoms with E-state index in [4.69, 9.17) is 4.74 Å². The number of Topliss-reactive ketones (excluding diaryl/α,β-unsaturated/α-hetero) is 1. The second-order valence-corrected chi connectivity index (χ2v) is 6.71. The molecule has 0 aliphatic heterocycles. The van der Waals surface area contributed by atoms with Gasteiger partial charge >= 0.3 is 0 Å². The summed E-state index contributed by atoms with van der Waals surface area (Å²) in [5, 5.41) is 2.15. The van der Waals surface area contributed by atoms with Crippen molar-refractivity contribution >= 4 is 35.4 Å². The Morgan fingerprint density at radius 1 is 1.18 bits per heavy atom. The quantitative estimate of drug-likeness (QED) is 0.396. The second-order valence-electron chi connectivity index (χ2n) is 5.89. The topological polar surface area (TPSA) is 85.4 Å². The second kappa shape index (κ2) is 10.4. The van der Waals surface area contributed by atoms with Gasteiger partial charge < -0.3 is 4.74 Å². The third-order valence-corrected chi connectivity index (χ3v) is 5.02. The minimum absolute atomic E-state index is 0.107. The smallest absolute Gasteiger partial charge is 0.264 e. The molecule has 1 aromatic heterocycles. The molecule has 1 heterocycles. The van der Waals surface area contributed by atoms with Crippen molar-refractivity contribution in [3.8, 4) is 5.75 Å². The van der Waals surface area contributed by atoms with Crippen molar-refractivity contribution in [1.29, 1.82) is 0 Å². The van der Waals surface area contributed by atoms with Gasteiger partial charge in [0, 0.05) is 6.20 Å². The van der Waals surface area contributed by atoms with Gasteiger partial charge in [0.25, 0.3) is 5.91 Å². The van der Waals surface area contributed by atoms with Crippen LogP contribution in [0, 0.1) is 0 Å². The predicted molar refractivity (Wildman–Crippen MR) is 110 cm³/mol. The summed E-state index contributed by atoms with van der Waals surface area (Å²) in [7, 11) is 0. The zero-order chi connectivity index (χ0) is 20.5. The van der Waals surface area contributed by atoms with E-state index in [0.717, 1.165) is 23.1 Å². The van der Waals surface area contributed by atoms with E-state index in [1.54, 1.807) is 49.7 Å². The van der Waals surface area contributed by atoms with Gasteiger partial charge in [0.1, 0.15) is 11.4 Å². The molecule has 2 aromatic rings. The number of aryl methyl sites for hydroxylation is 1. The maximum absolute atomic E-state index is 12.2. The van der Waals surface area contributed by atoms with Crippen LogP contribution in [-0.2, 0) is 16.0 Å². The van der Waals surface area contributed by atoms with Crippen molar-refractivity contribution in [2.45, 2.75) is 20.3 Å². The maximum atomic E-state index is 12.2. The number of allylic oxidation sites excluding steroid dienone is 1. The zero-order valence-corrected chi connectivity index (χ0v) is 16.8. The highest BCUT2D eigenvalue weighted by Crippen LogP contribution is 2.26. The number of imide groups is 1. The van der Waals surface area contributed by atoms with Gasteiger partial charge in [-0.25, -0.2) is 0 Å². The van der Waals surface area contributed by atoms with Crippen LogP contribution in [0.25, 0.3) is 5.57 Å². The molecular weight excluding hydrogens is 376 g/mol. The van der Waals surface area contributed by atoms with Crippen molar-refractivity contribution in [2.24, 2.45) is 0 Å². The first kappa shape index (κ1) is 21.4. The molecule has 0 radical (unpaired) electrons. The number of carbonyl (C=O) groups excluding carboxylic acids is 3. The van der Waals surface area contributed by atoms with Gasteiger partial charge in [0.15, 0.2) is 6.61 Å². The number of pyridine rings is 1. The number of ether oxygens (including phenoxy) is 1. The number of nitrogens with one attached hydrogen (secondary N) is 1. The van der Waals surface area contributed by atoms with E-state index in [1.165, 1.54) is 11.8 Å². The Labute approximate surface area is 168 Å². The minimum Gasteiger partial charge on any atom is -0.485 e. The van der Waals surface area contributed by atoms with Gasteiger partial charge in [-0.2, -0.15) is 0 Å². The van der Waals surface area contributed by atoms with E-state index >= 15 is 0 Å². The lowest BCUT2D eigenvalue weighted by atomic mass is 10.1. The molecule has 0 saturated heterocycles. The molecule has 1 aromatic carbocycles. The number of rotatable bonds is 9. The average Bonchev–Trinajstić information content (AvgIpc) is 2.73. The third kappa shape index (κ3) is 5.53. The van der Waals surface area contributed by atoms with E-state index in [2.05, 4.69) is 10.3 Å². The van der Waals surface area contributed by atoms with Gasteiger partial charge in [-0.3, -0.25) is 24.7 Å². The molecule has 0 saturated carbocycles. The molecule has 7 heteroatoms. The van der Waals surface area contributed by atoms with E-state index in [0.29, 0.717) is 22.8 Å². The lowest BCUT2D eigenvalue weighted by Crippen LogP contribution is -2.22. The number of carbonyl (C=O) groups is 3. The first-order chi connectivity index (χ1) is 13.5. The van der Waals surface area contributed by atoms with Gasteiger partial charge in [-0.15, -0.1) is 11.8 Å². The maximum Gasteiger partial charge on any atom is 0.264 e. The molecule has 0 aliphatic carbocycles. The Morgan fingerprint density at radius 2 is 1.89 bits per heavy atom. The largest absolute Gasteiger partial charge is 0.485 e. The molecule has 0 aliphatic rings. The Morgan fingerprint density at radius 3 is 2.43 bits per heavy atom. The minimum atomic E-state index is -0.437. The Bertz CT molecular complexity index is 874. The molecular formula is C21H22N2O4S. The predicted octanol–water partition coefficient (Wildman–Crippen LogP) is 3.27. The summed E-state index contributed by atoms with van der Waals surface area (Å²) in [5.41, 5.74) is 3.01. The van der Waals surface area contributed by atoms with Crippen LogP contribution >= 0.6 is 11.8 Å². The molecule has 0 unspecified atom stereocenters. The Hall–Kier alpha value is -2.93. The molecule has 2 rings (SSSR count). The number of ketones is 1. The molecule has 0 fully saturated rings. The number of thioether (sulfide) groups is 1. The molecule has 146 valence electrons. The molecule has 0 spiro atoms. The summed E-state index contributed by atoms with van der Waals surface area (Å²) in [5.74, 6) is -0.0938. The van der Waals surface area contributed by atoms with Gasteiger partial charge in [-0.05, 0) is 54.5 Å². The first-order valence-corrected chi connectivity index (χ1v) is 9.93. The number of hydrogen-bond donors (Lipinski definition) is 1. The van der Waals surface area contributed by atoms with Gasteiger partial charge in [-0.1, -0.05) is 25.1 Å². The number of benzene rings is 1. The number of amides is 2. The SMILES string of the molecule is CCc1ccc(C(=O)COc2ccc(/C(C)=C(\SC)C(=O)NC=O)cc2)nc1. The van der Waals surface area contributed by atoms with E-state index < -0.39 is 5.91 Å². The summed E-state index contributed by atoms with van der Waals surface area (Å²) in [4.78, 5) is 39.2. The number of aromatic nitrogens is 1. The van der Waals surface area contributed by atoms with Crippen molar-refractivity contribution in [3.05, 3.63) is 64.3 Å². The van der Waals surface area contributed by atoms with Crippen molar-refractivity contribution in [1.82, 2.24) is 10.3 Å². The normalized spacial score (nSPS) is 11.4. The molecule has 0 atom stereocenters. The molecule has 0 bridgehead atoms. The summed E-state index contributed by atoms with van der Waals surface area (Å²) in [6.45, 7) is 3.73.